The summed E-state index contributed by atoms with van der Waals surface area (Å²) in [7, 11) is 34.0. The average molecular weight is 199 g/mol. The molecule has 0 aromatic carbocycles. The van der Waals surface area contributed by atoms with E-state index >= 15 is 0 Å². The number of hydrogen-bond acceptors (Lipinski definition) is 3. The van der Waals surface area contributed by atoms with Crippen LogP contribution in [0.3, 0.4) is 0 Å². The molecule has 2 heterocycles. The van der Waals surface area contributed by atoms with Gasteiger partial charge >= 0.3 is 0 Å². The van der Waals surface area contributed by atoms with Gasteiger partial charge in [0.2, 0.25) is 0 Å². The molecule has 1 aliphatic heterocycles. The maximum Gasteiger partial charge on any atom is 0.282 e. The molecule has 66 valence electrons. The van der Waals surface area contributed by atoms with E-state index in [-0.39, 0.29) is 11.3 Å². The van der Waals surface area contributed by atoms with Crippen molar-refractivity contribution in [3.63, 3.8) is 0 Å². The minimum atomic E-state index is -1.87. The van der Waals surface area contributed by atoms with Crippen LogP contribution in [0, 0.1) is 0 Å². The first-order valence-corrected chi connectivity index (χ1v) is 4.34. The van der Waals surface area contributed by atoms with Gasteiger partial charge in [-0.1, -0.05) is 10.6 Å². The van der Waals surface area contributed by atoms with E-state index in [1.807, 2.05) is 5.16 Å². The SMILES string of the molecule is [B]C1([B])NC([B])([B])C([B])([B])c2c1o[nH]c2=O. The molecule has 0 amide bonds. The van der Waals surface area contributed by atoms with Crippen LogP contribution >= 0.6 is 0 Å². The predicted octanol–water partition coefficient (Wildman–Crippen LogP) is -3.50. The van der Waals surface area contributed by atoms with E-state index in [4.69, 9.17) is 51.6 Å². The van der Waals surface area contributed by atoms with Crippen LogP contribution in [0.25, 0.3) is 0 Å². The lowest BCUT2D eigenvalue weighted by molar-refractivity contribution is 0.321. The quantitative estimate of drug-likeness (QED) is 0.426. The molecule has 1 aliphatic rings. The molecule has 0 spiro atoms. The molecule has 0 atom stereocenters. The molecule has 2 rings (SSSR count). The lowest BCUT2D eigenvalue weighted by atomic mass is 9.29. The van der Waals surface area contributed by atoms with Gasteiger partial charge in [0.25, 0.3) is 5.56 Å². The van der Waals surface area contributed by atoms with E-state index in [1.54, 1.807) is 0 Å². The predicted molar refractivity (Wildman–Crippen MR) is 63.1 cm³/mol. The van der Waals surface area contributed by atoms with Crippen LogP contribution in [0.15, 0.2) is 9.32 Å². The first-order chi connectivity index (χ1) is 7.09. The minimum absolute atomic E-state index is 0.131. The summed E-state index contributed by atoms with van der Waals surface area (Å²) >= 11 is 0. The number of rotatable bonds is 0. The fourth-order valence-electron chi connectivity index (χ4n) is 1.68. The number of aromatic amines is 1. The zero-order valence-corrected chi connectivity index (χ0v) is 8.28. The highest BCUT2D eigenvalue weighted by molar-refractivity contribution is 6.56. The molecule has 0 unspecified atom stereocenters. The van der Waals surface area contributed by atoms with Crippen LogP contribution in [0.1, 0.15) is 11.3 Å². The fourth-order valence-corrected chi connectivity index (χ4v) is 1.68. The fraction of sp³-hybridized carbons (Fsp3) is 0.500. The van der Waals surface area contributed by atoms with Gasteiger partial charge in [-0.25, -0.2) is 0 Å². The molecule has 12 radical (unpaired) electrons. The molecule has 16 heavy (non-hydrogen) atoms. The summed E-state index contributed by atoms with van der Waals surface area (Å²) in [6.45, 7) is 0. The summed E-state index contributed by atoms with van der Waals surface area (Å²) in [5, 5.41) is -1.04. The van der Waals surface area contributed by atoms with Gasteiger partial charge in [-0.05, 0) is 0 Å². The highest BCUT2D eigenvalue weighted by atomic mass is 16.5. The van der Waals surface area contributed by atoms with Crippen LogP contribution < -0.4 is 10.9 Å². The Hall–Kier alpha value is -0.640. The van der Waals surface area contributed by atoms with E-state index < -0.39 is 21.4 Å². The van der Waals surface area contributed by atoms with Gasteiger partial charge in [0.05, 0.1) is 52.6 Å². The number of H-pyrrole nitrogens is 1. The van der Waals surface area contributed by atoms with Crippen molar-refractivity contribution in [3.8, 4) is 0 Å². The Morgan fingerprint density at radius 3 is 2.19 bits per heavy atom. The number of fused-ring (bicyclic) bond motifs is 1. The molecule has 0 saturated heterocycles. The summed E-state index contributed by atoms with van der Waals surface area (Å²) < 4.78 is 4.81. The molecule has 0 bridgehead atoms. The first kappa shape index (κ1) is 11.8. The van der Waals surface area contributed by atoms with E-state index in [0.29, 0.717) is 0 Å². The second kappa shape index (κ2) is 2.97. The number of nitrogens with one attached hydrogen (secondary N) is 2. The number of aromatic nitrogens is 1. The summed E-state index contributed by atoms with van der Waals surface area (Å²) in [5.74, 6) is -0.131. The molecule has 1 aromatic heterocycles. The van der Waals surface area contributed by atoms with Crippen LogP contribution in [0.2, 0.25) is 0 Å². The van der Waals surface area contributed by atoms with Gasteiger partial charge in [0.1, 0.15) is 5.76 Å². The molecule has 2 N–H and O–H groups in total. The second-order valence-corrected chi connectivity index (χ2v) is 3.97. The van der Waals surface area contributed by atoms with Gasteiger partial charge in [-0.15, -0.1) is 0 Å². The van der Waals surface area contributed by atoms with Gasteiger partial charge in [0.15, 0.2) is 0 Å². The maximum atomic E-state index is 11.5. The van der Waals surface area contributed by atoms with Crippen LogP contribution in [-0.2, 0) is 10.6 Å². The van der Waals surface area contributed by atoms with Gasteiger partial charge in [0, 0.05) is 5.34 Å². The topological polar surface area (TPSA) is 58.0 Å². The van der Waals surface area contributed by atoms with Crippen molar-refractivity contribution in [2.45, 2.75) is 15.9 Å². The van der Waals surface area contributed by atoms with Crippen molar-refractivity contribution in [1.82, 2.24) is 10.5 Å². The average Bonchev–Trinajstić information content (AvgIpc) is 2.44. The molecule has 0 saturated carbocycles. The largest absolute Gasteiger partial charge is 0.383 e. The monoisotopic (exact) mass is 200 g/mol. The third-order valence-electron chi connectivity index (χ3n) is 2.59. The summed E-state index contributed by atoms with van der Waals surface area (Å²) in [6.07, 6.45) is 0. The highest BCUT2D eigenvalue weighted by Crippen LogP contribution is 2.36. The second-order valence-electron chi connectivity index (χ2n) is 3.97. The molecular weight excluding hydrogens is 197 g/mol. The Morgan fingerprint density at radius 1 is 1.06 bits per heavy atom. The minimum Gasteiger partial charge on any atom is -0.383 e. The number of hydrogen-bond donors (Lipinski definition) is 2. The zero-order chi connectivity index (χ0) is 12.4. The zero-order valence-electron chi connectivity index (χ0n) is 8.28. The van der Waals surface area contributed by atoms with Crippen molar-refractivity contribution in [3.05, 3.63) is 21.7 Å². The van der Waals surface area contributed by atoms with Gasteiger partial charge in [-0.3, -0.25) is 4.79 Å². The first-order valence-electron chi connectivity index (χ1n) is 4.34. The van der Waals surface area contributed by atoms with Crippen LogP contribution in [0.4, 0.5) is 0 Å². The molecule has 10 heteroatoms. The molecule has 1 aromatic rings. The molecular formula is C6H2B6N2O2. The van der Waals surface area contributed by atoms with Crippen molar-refractivity contribution in [1.29, 1.82) is 0 Å². The van der Waals surface area contributed by atoms with Crippen molar-refractivity contribution in [2.24, 2.45) is 0 Å². The third-order valence-corrected chi connectivity index (χ3v) is 2.59. The summed E-state index contributed by atoms with van der Waals surface area (Å²) in [4.78, 5) is 11.5. The lowest BCUT2D eigenvalue weighted by Crippen LogP contribution is -2.73. The standard InChI is InChI=1S/C6H2B6N2O2/c7-4(8)1-2(16-13-3(1)15)5(9,10)14-6(4,11)12/h14H,(H,13,15). The Kier molecular flexibility index (Phi) is 2.20. The highest BCUT2D eigenvalue weighted by Gasteiger charge is 2.49. The Morgan fingerprint density at radius 2 is 1.62 bits per heavy atom. The smallest absolute Gasteiger partial charge is 0.282 e. The normalized spacial score (nSPS) is 24.8. The third kappa shape index (κ3) is 1.32. The van der Waals surface area contributed by atoms with Gasteiger partial charge < -0.3 is 9.84 Å². The maximum absolute atomic E-state index is 11.5. The van der Waals surface area contributed by atoms with E-state index in [2.05, 4.69) is 5.32 Å². The molecule has 0 aliphatic carbocycles. The summed E-state index contributed by atoms with van der Waals surface area (Å²) in [6, 6.07) is 0. The van der Waals surface area contributed by atoms with Crippen LogP contribution in [0.5, 0.6) is 0 Å². The molecule has 0 fully saturated rings. The van der Waals surface area contributed by atoms with Crippen molar-refractivity contribution in [2.75, 3.05) is 0 Å². The Balaban J connectivity index is 2.79. The molecule has 4 nitrogen and oxygen atoms in total. The van der Waals surface area contributed by atoms with E-state index in [9.17, 15) is 4.79 Å². The Labute approximate surface area is 100 Å². The van der Waals surface area contributed by atoms with Crippen LogP contribution in [-0.4, -0.2) is 57.6 Å². The lowest BCUT2D eigenvalue weighted by Gasteiger charge is -2.53. The van der Waals surface area contributed by atoms with Crippen molar-refractivity contribution < 1.29 is 4.52 Å². The summed E-state index contributed by atoms with van der Waals surface area (Å²) in [5.41, 5.74) is -0.858. The van der Waals surface area contributed by atoms with E-state index in [1.165, 1.54) is 0 Å². The van der Waals surface area contributed by atoms with Crippen molar-refractivity contribution >= 4 is 47.1 Å². The Bertz CT molecular complexity index is 489. The van der Waals surface area contributed by atoms with Gasteiger partial charge in [-0.2, -0.15) is 5.16 Å². The van der Waals surface area contributed by atoms with E-state index in [0.717, 1.165) is 0 Å².